The van der Waals surface area contributed by atoms with Gasteiger partial charge in [0, 0.05) is 0 Å². The van der Waals surface area contributed by atoms with Crippen LogP contribution in [0.5, 0.6) is 11.5 Å². The number of carboxylic acids is 1. The number of phenolic OH excluding ortho intramolecular Hbond substituents is 1. The van der Waals surface area contributed by atoms with Crippen molar-refractivity contribution < 1.29 is 29.3 Å². The number of aromatic hydroxyl groups is 1. The second-order valence-electron chi connectivity index (χ2n) is 6.88. The second-order valence-corrected chi connectivity index (χ2v) is 9.43. The number of hydrogen-bond acceptors (Lipinski definition) is 8. The van der Waals surface area contributed by atoms with Gasteiger partial charge in [-0.25, -0.2) is 0 Å². The van der Waals surface area contributed by atoms with Crippen molar-refractivity contribution in [1.29, 1.82) is 0 Å². The van der Waals surface area contributed by atoms with Crippen LogP contribution in [0, 0.1) is 0 Å². The third-order valence-electron chi connectivity index (χ3n) is 4.32. The molecule has 0 aliphatic rings. The normalized spacial score (nSPS) is 11.7. The third-order valence-corrected chi connectivity index (χ3v) is 6.84. The maximum absolute atomic E-state index is 12.5. The predicted molar refractivity (Wildman–Crippen MR) is 123 cm³/mol. The van der Waals surface area contributed by atoms with Crippen LogP contribution in [0.4, 0.5) is 10.7 Å². The molecule has 0 radical (unpaired) electrons. The fourth-order valence-electron chi connectivity index (χ4n) is 2.59. The van der Waals surface area contributed by atoms with Crippen molar-refractivity contribution >= 4 is 38.3 Å². The zero-order valence-electron chi connectivity index (χ0n) is 18.2. The molecule has 178 valence electrons. The Hall–Kier alpha value is -3.33. The van der Waals surface area contributed by atoms with Gasteiger partial charge in [0.15, 0.2) is 0 Å². The van der Waals surface area contributed by atoms with Crippen LogP contribution in [-0.2, 0) is 4.79 Å². The molecule has 12 heteroatoms. The number of hydrogen-bond donors (Lipinski definition) is 5. The molecule has 1 unspecified atom stereocenters. The molecule has 0 spiro atoms. The van der Waals surface area contributed by atoms with Gasteiger partial charge in [0.2, 0.25) is 0 Å². The van der Waals surface area contributed by atoms with Crippen molar-refractivity contribution in [2.45, 2.75) is 31.0 Å². The van der Waals surface area contributed by atoms with Crippen LogP contribution in [0.25, 0.3) is 0 Å². The first-order valence-corrected chi connectivity index (χ1v) is 13.0. The number of phenols is 1. The van der Waals surface area contributed by atoms with Crippen LogP contribution in [0.1, 0.15) is 30.1 Å². The van der Waals surface area contributed by atoms with E-state index in [1.54, 1.807) is 24.5 Å². The maximum atomic E-state index is 12.5. The van der Waals surface area contributed by atoms with Gasteiger partial charge in [-0.05, 0) is 6.07 Å². The van der Waals surface area contributed by atoms with Crippen LogP contribution in [-0.4, -0.2) is 78.2 Å². The fraction of sp³-hybridized carbons (Fsp3) is 0.381. The first kappa shape index (κ1) is 25.9. The summed E-state index contributed by atoms with van der Waals surface area (Å²) in [4.78, 5) is 43.8. The van der Waals surface area contributed by atoms with E-state index in [0.29, 0.717) is 24.8 Å². The van der Waals surface area contributed by atoms with E-state index in [0.717, 1.165) is 12.8 Å². The number of aromatic nitrogens is 2. The molecule has 0 saturated heterocycles. The molecule has 33 heavy (non-hydrogen) atoms. The van der Waals surface area contributed by atoms with Crippen molar-refractivity contribution in [3.8, 4) is 11.5 Å². The molecular formula is C21H28AsN5O6. The van der Waals surface area contributed by atoms with E-state index in [2.05, 4.69) is 25.9 Å². The Bertz CT molecular complexity index is 931. The van der Waals surface area contributed by atoms with Gasteiger partial charge in [-0.2, -0.15) is 0 Å². The van der Waals surface area contributed by atoms with Crippen LogP contribution in [0.2, 0.25) is 5.21 Å². The Morgan fingerprint density at radius 2 is 1.94 bits per heavy atom. The molecule has 0 saturated carbocycles. The Morgan fingerprint density at radius 3 is 2.61 bits per heavy atom. The van der Waals surface area contributed by atoms with Crippen molar-refractivity contribution in [1.82, 2.24) is 20.6 Å². The Kier molecular flexibility index (Phi) is 11.0. The monoisotopic (exact) mass is 521 g/mol. The predicted octanol–water partition coefficient (Wildman–Crippen LogP) is 1.22. The number of aliphatic carboxylic acids is 1. The van der Waals surface area contributed by atoms with Gasteiger partial charge in [-0.1, -0.05) is 0 Å². The molecule has 1 aromatic carbocycles. The van der Waals surface area contributed by atoms with Crippen LogP contribution in [0.15, 0.2) is 36.7 Å². The quantitative estimate of drug-likeness (QED) is 0.182. The number of amides is 2. The van der Waals surface area contributed by atoms with Crippen LogP contribution in [0.3, 0.4) is 0 Å². The summed E-state index contributed by atoms with van der Waals surface area (Å²) in [5.41, 5.74) is 0.106. The minimum absolute atomic E-state index is 0.0142. The Balaban J connectivity index is 1.81. The number of nitrogens with one attached hydrogen (secondary N) is 3. The van der Waals surface area contributed by atoms with E-state index in [9.17, 15) is 24.6 Å². The van der Waals surface area contributed by atoms with Crippen LogP contribution >= 0.6 is 0 Å². The average molecular weight is 521 g/mol. The number of nitrogens with zero attached hydrogens (tertiary/aromatic N) is 2. The summed E-state index contributed by atoms with van der Waals surface area (Å²) >= 11 is -1.45. The summed E-state index contributed by atoms with van der Waals surface area (Å²) in [5, 5.41) is 27.5. The van der Waals surface area contributed by atoms with Gasteiger partial charge in [-0.3, -0.25) is 0 Å². The number of carbonyl (C=O) groups excluding carboxylic acids is 2. The molecule has 2 amide bonds. The molecule has 2 aromatic rings. The molecule has 1 aromatic heterocycles. The van der Waals surface area contributed by atoms with Crippen molar-refractivity contribution in [3.05, 3.63) is 42.2 Å². The standard InChI is InChI=1S/C21H28AsN5O6/c1-2-3-7-26-21(32)27-16(19(30)31)13-22-18(29)15-6-5-14(12-17(15)28)33-11-10-25-20-23-8-4-9-24-20/h4-6,8-9,12,16,22,28H,2-3,7,10-11,13H2,1H3,(H,30,31)(H,23,24,25)(H2,26,27,32)/t16-/m1/s1. The molecule has 5 N–H and O–H groups in total. The molecule has 0 bridgehead atoms. The van der Waals surface area contributed by atoms with E-state index in [-0.39, 0.29) is 27.7 Å². The summed E-state index contributed by atoms with van der Waals surface area (Å²) in [5.74, 6) is -0.590. The number of urea groups is 1. The molecule has 11 nitrogen and oxygen atoms in total. The van der Waals surface area contributed by atoms with Gasteiger partial charge < -0.3 is 0 Å². The van der Waals surface area contributed by atoms with Crippen molar-refractivity contribution in [2.24, 2.45) is 0 Å². The molecule has 2 atom stereocenters. The number of benzene rings is 1. The zero-order valence-corrected chi connectivity index (χ0v) is 20.3. The summed E-state index contributed by atoms with van der Waals surface area (Å²) in [6, 6.07) is 4.32. The SMILES string of the molecule is CCCCNC(=O)N[C@H](C[AsH]C(=O)c1ccc(OCCNc2ncccn2)cc1O)C(=O)O. The number of ether oxygens (including phenoxy) is 1. The van der Waals surface area contributed by atoms with Gasteiger partial charge >= 0.3 is 192 Å². The van der Waals surface area contributed by atoms with E-state index in [1.807, 2.05) is 6.92 Å². The number of anilines is 1. The van der Waals surface area contributed by atoms with Gasteiger partial charge in [0.05, 0.1) is 0 Å². The topological polar surface area (TPSA) is 163 Å². The van der Waals surface area contributed by atoms with Crippen LogP contribution < -0.4 is 20.7 Å². The fourth-order valence-corrected chi connectivity index (χ4v) is 4.83. The number of unbranched alkanes of at least 4 members (excludes halogenated alkanes) is 1. The number of carbonyl (C=O) groups is 3. The molecule has 2 rings (SSSR count). The molecular weight excluding hydrogens is 493 g/mol. The zero-order chi connectivity index (χ0) is 24.1. The summed E-state index contributed by atoms with van der Waals surface area (Å²) in [7, 11) is 0. The summed E-state index contributed by atoms with van der Waals surface area (Å²) in [6.45, 7) is 3.14. The van der Waals surface area contributed by atoms with E-state index in [1.165, 1.54) is 12.1 Å². The van der Waals surface area contributed by atoms with E-state index < -0.39 is 33.8 Å². The summed E-state index contributed by atoms with van der Waals surface area (Å²) in [6.07, 6.45) is 4.92. The molecule has 1 heterocycles. The van der Waals surface area contributed by atoms with Gasteiger partial charge in [-0.15, -0.1) is 0 Å². The number of carboxylic acid groups (broad SMARTS) is 1. The van der Waals surface area contributed by atoms with E-state index >= 15 is 0 Å². The van der Waals surface area contributed by atoms with E-state index in [4.69, 9.17) is 4.74 Å². The first-order chi connectivity index (χ1) is 15.9. The van der Waals surface area contributed by atoms with Crippen molar-refractivity contribution in [2.75, 3.05) is 25.0 Å². The van der Waals surface area contributed by atoms with Gasteiger partial charge in [0.1, 0.15) is 0 Å². The second kappa shape index (κ2) is 13.9. The third kappa shape index (κ3) is 9.36. The molecule has 0 fully saturated rings. The number of rotatable bonds is 14. The van der Waals surface area contributed by atoms with Crippen molar-refractivity contribution in [3.63, 3.8) is 0 Å². The molecule has 0 aliphatic heterocycles. The molecule has 0 aliphatic carbocycles. The minimum atomic E-state index is -1.45. The van der Waals surface area contributed by atoms with Gasteiger partial charge in [0.25, 0.3) is 0 Å². The average Bonchev–Trinajstić information content (AvgIpc) is 2.80. The Labute approximate surface area is 198 Å². The Morgan fingerprint density at radius 1 is 1.18 bits per heavy atom. The summed E-state index contributed by atoms with van der Waals surface area (Å²) < 4.78 is 5.23. The first-order valence-electron chi connectivity index (χ1n) is 10.4.